The summed E-state index contributed by atoms with van der Waals surface area (Å²) in [5.74, 6) is 0.340. The van der Waals surface area contributed by atoms with E-state index in [4.69, 9.17) is 9.47 Å². The summed E-state index contributed by atoms with van der Waals surface area (Å²) in [7, 11) is 1.56. The van der Waals surface area contributed by atoms with E-state index in [1.54, 1.807) is 12.0 Å². The third-order valence-electron chi connectivity index (χ3n) is 5.48. The average molecular weight is 400 g/mol. The minimum Gasteiger partial charge on any atom is -0.496 e. The first-order valence-corrected chi connectivity index (χ1v) is 10.3. The summed E-state index contributed by atoms with van der Waals surface area (Å²) in [6.45, 7) is 9.59. The second-order valence-corrected chi connectivity index (χ2v) is 7.99. The molecule has 0 spiro atoms. The number of rotatable bonds is 6. The maximum Gasteiger partial charge on any atom is 0.410 e. The molecular weight excluding hydrogens is 369 g/mol. The first kappa shape index (κ1) is 21.2. The summed E-state index contributed by atoms with van der Waals surface area (Å²) in [5, 5.41) is 0. The third-order valence-corrected chi connectivity index (χ3v) is 5.48. The lowest BCUT2D eigenvalue weighted by Gasteiger charge is -2.17. The molecule has 29 heavy (non-hydrogen) atoms. The lowest BCUT2D eigenvalue weighted by atomic mass is 9.91. The number of ether oxygens (including phenoxy) is 2. The summed E-state index contributed by atoms with van der Waals surface area (Å²) in [4.78, 5) is 14.1. The zero-order chi connectivity index (χ0) is 21.1. The number of carbonyl (C=O) groups excluding carboxylic acids is 1. The van der Waals surface area contributed by atoms with E-state index in [2.05, 4.69) is 19.1 Å². The van der Waals surface area contributed by atoms with E-state index in [1.165, 1.54) is 6.07 Å². The van der Waals surface area contributed by atoms with Crippen molar-refractivity contribution in [2.24, 2.45) is 0 Å². The van der Waals surface area contributed by atoms with Crippen molar-refractivity contribution in [2.75, 3.05) is 13.7 Å². The van der Waals surface area contributed by atoms with E-state index in [0.29, 0.717) is 31.0 Å². The first-order valence-electron chi connectivity index (χ1n) is 10.3. The van der Waals surface area contributed by atoms with Gasteiger partial charge in [-0.1, -0.05) is 33.3 Å². The van der Waals surface area contributed by atoms with Crippen LogP contribution in [0.4, 0.5) is 9.18 Å². The summed E-state index contributed by atoms with van der Waals surface area (Å²) in [5.41, 5.74) is 5.84. The van der Waals surface area contributed by atoms with Gasteiger partial charge in [0.2, 0.25) is 0 Å². The molecule has 0 radical (unpaired) electrons. The van der Waals surface area contributed by atoms with E-state index >= 15 is 0 Å². The lowest BCUT2D eigenvalue weighted by molar-refractivity contribution is 0.100. The van der Waals surface area contributed by atoms with Gasteiger partial charge in [0.05, 0.1) is 13.7 Å². The number of aryl methyl sites for hydroxylation is 1. The Morgan fingerprint density at radius 2 is 1.83 bits per heavy atom. The van der Waals surface area contributed by atoms with Crippen molar-refractivity contribution < 1.29 is 18.7 Å². The number of hydrogen-bond donors (Lipinski definition) is 0. The fourth-order valence-corrected chi connectivity index (χ4v) is 3.78. The van der Waals surface area contributed by atoms with Gasteiger partial charge in [-0.2, -0.15) is 0 Å². The third kappa shape index (κ3) is 4.39. The van der Waals surface area contributed by atoms with Gasteiger partial charge in [-0.05, 0) is 59.2 Å². The number of halogens is 1. The molecule has 1 heterocycles. The standard InChI is InChI=1S/C24H30FNO3/c1-6-7-8-29-24(27)26-13-17-9-16(4)20(10-18(17)14-26)21-11-19(15(2)3)22(25)12-23(21)28-5/h9-12,15H,6-8,13-14H2,1-5H3. The van der Waals surface area contributed by atoms with Crippen LogP contribution >= 0.6 is 0 Å². The van der Waals surface area contributed by atoms with E-state index < -0.39 is 0 Å². The van der Waals surface area contributed by atoms with Crippen LogP contribution in [0.2, 0.25) is 0 Å². The monoisotopic (exact) mass is 399 g/mol. The quantitative estimate of drug-likeness (QED) is 0.544. The van der Waals surface area contributed by atoms with E-state index in [9.17, 15) is 9.18 Å². The fraction of sp³-hybridized carbons (Fsp3) is 0.458. The van der Waals surface area contributed by atoms with E-state index in [0.717, 1.165) is 40.7 Å². The van der Waals surface area contributed by atoms with Crippen molar-refractivity contribution in [3.8, 4) is 16.9 Å². The molecule has 0 unspecified atom stereocenters. The Balaban J connectivity index is 1.93. The van der Waals surface area contributed by atoms with Crippen LogP contribution in [0.5, 0.6) is 5.75 Å². The second kappa shape index (κ2) is 8.85. The van der Waals surface area contributed by atoms with Crippen LogP contribution in [-0.4, -0.2) is 24.7 Å². The molecule has 1 aliphatic rings. The topological polar surface area (TPSA) is 38.8 Å². The smallest absolute Gasteiger partial charge is 0.410 e. The number of hydrogen-bond acceptors (Lipinski definition) is 3. The van der Waals surface area contributed by atoms with E-state index in [-0.39, 0.29) is 17.8 Å². The molecular formula is C24H30FNO3. The van der Waals surface area contributed by atoms with Crippen molar-refractivity contribution in [3.05, 3.63) is 52.3 Å². The van der Waals surface area contributed by atoms with Gasteiger partial charge in [0.1, 0.15) is 11.6 Å². The first-order chi connectivity index (χ1) is 13.8. The molecule has 2 aromatic carbocycles. The van der Waals surface area contributed by atoms with Crippen molar-refractivity contribution in [1.82, 2.24) is 4.90 Å². The number of amides is 1. The van der Waals surface area contributed by atoms with E-state index in [1.807, 2.05) is 26.8 Å². The summed E-state index contributed by atoms with van der Waals surface area (Å²) in [6, 6.07) is 7.57. The Morgan fingerprint density at radius 3 is 2.45 bits per heavy atom. The normalized spacial score (nSPS) is 13.0. The lowest BCUT2D eigenvalue weighted by Crippen LogP contribution is -2.26. The van der Waals surface area contributed by atoms with Crippen molar-refractivity contribution in [3.63, 3.8) is 0 Å². The maximum atomic E-state index is 14.4. The highest BCUT2D eigenvalue weighted by Crippen LogP contribution is 2.39. The largest absolute Gasteiger partial charge is 0.496 e. The number of carbonyl (C=O) groups is 1. The molecule has 156 valence electrons. The highest BCUT2D eigenvalue weighted by atomic mass is 19.1. The van der Waals surface area contributed by atoms with Crippen LogP contribution in [0.25, 0.3) is 11.1 Å². The molecule has 0 N–H and O–H groups in total. The van der Waals surface area contributed by atoms with Crippen molar-refractivity contribution in [2.45, 2.75) is 59.5 Å². The maximum absolute atomic E-state index is 14.4. The fourth-order valence-electron chi connectivity index (χ4n) is 3.78. The van der Waals surface area contributed by atoms with Gasteiger partial charge in [0, 0.05) is 24.7 Å². The molecule has 0 atom stereocenters. The van der Waals surface area contributed by atoms with Crippen LogP contribution in [0.15, 0.2) is 24.3 Å². The molecule has 0 aromatic heterocycles. The Hall–Kier alpha value is -2.56. The Kier molecular flexibility index (Phi) is 6.46. The number of fused-ring (bicyclic) bond motifs is 1. The van der Waals surface area contributed by atoms with Gasteiger partial charge in [0.15, 0.2) is 0 Å². The van der Waals surface area contributed by atoms with Gasteiger partial charge in [0.25, 0.3) is 0 Å². The van der Waals surface area contributed by atoms with Gasteiger partial charge < -0.3 is 9.47 Å². The van der Waals surface area contributed by atoms with Crippen molar-refractivity contribution in [1.29, 1.82) is 0 Å². The zero-order valence-corrected chi connectivity index (χ0v) is 18.0. The zero-order valence-electron chi connectivity index (χ0n) is 18.0. The van der Waals surface area contributed by atoms with Gasteiger partial charge in [-0.15, -0.1) is 0 Å². The predicted octanol–water partition coefficient (Wildman–Crippen LogP) is 6.19. The van der Waals surface area contributed by atoms with Crippen LogP contribution in [-0.2, 0) is 17.8 Å². The van der Waals surface area contributed by atoms with Gasteiger partial charge >= 0.3 is 6.09 Å². The van der Waals surface area contributed by atoms with Crippen molar-refractivity contribution >= 4 is 6.09 Å². The average Bonchev–Trinajstić information content (AvgIpc) is 3.10. The minimum absolute atomic E-state index is 0.0720. The molecule has 0 aliphatic carbocycles. The molecule has 0 bridgehead atoms. The molecule has 1 aliphatic heterocycles. The number of unbranched alkanes of at least 4 members (excludes halogenated alkanes) is 1. The molecule has 1 amide bonds. The summed E-state index contributed by atoms with van der Waals surface area (Å²) in [6.07, 6.45) is 1.60. The summed E-state index contributed by atoms with van der Waals surface area (Å²) < 4.78 is 25.3. The minimum atomic E-state index is -0.268. The van der Waals surface area contributed by atoms with Crippen LogP contribution in [0.3, 0.4) is 0 Å². The molecule has 0 saturated carbocycles. The Morgan fingerprint density at radius 1 is 1.14 bits per heavy atom. The van der Waals surface area contributed by atoms with Crippen LogP contribution in [0.1, 0.15) is 61.8 Å². The highest BCUT2D eigenvalue weighted by molar-refractivity contribution is 5.76. The number of benzene rings is 2. The Labute approximate surface area is 172 Å². The molecule has 0 saturated heterocycles. The van der Waals surface area contributed by atoms with Gasteiger partial charge in [-0.3, -0.25) is 4.90 Å². The number of nitrogens with zero attached hydrogens (tertiary/aromatic N) is 1. The molecule has 5 heteroatoms. The predicted molar refractivity (Wildman–Crippen MR) is 113 cm³/mol. The molecule has 0 fully saturated rings. The molecule has 2 aromatic rings. The molecule has 4 nitrogen and oxygen atoms in total. The second-order valence-electron chi connectivity index (χ2n) is 7.99. The highest BCUT2D eigenvalue weighted by Gasteiger charge is 2.26. The SMILES string of the molecule is CCCCOC(=O)N1Cc2cc(C)c(-c3cc(C(C)C)c(F)cc3OC)cc2C1. The summed E-state index contributed by atoms with van der Waals surface area (Å²) >= 11 is 0. The Bertz CT molecular complexity index is 907. The van der Waals surface area contributed by atoms with Crippen LogP contribution < -0.4 is 4.74 Å². The van der Waals surface area contributed by atoms with Gasteiger partial charge in [-0.25, -0.2) is 9.18 Å². The van der Waals surface area contributed by atoms with Crippen LogP contribution in [0, 0.1) is 12.7 Å². The molecule has 3 rings (SSSR count). The number of methoxy groups -OCH3 is 1.